The number of carboxylic acids is 2. The molecule has 0 fully saturated rings. The molecule has 112 valence electrons. The van der Waals surface area contributed by atoms with Crippen LogP contribution < -0.4 is 0 Å². The van der Waals surface area contributed by atoms with Gasteiger partial charge in [-0.3, -0.25) is 0 Å². The van der Waals surface area contributed by atoms with Gasteiger partial charge in [0.05, 0.1) is 25.9 Å². The molecular weight excluding hydrogens is 256 g/mol. The molecule has 0 aromatic rings. The van der Waals surface area contributed by atoms with Crippen LogP contribution in [-0.2, 0) is 14.3 Å². The van der Waals surface area contributed by atoms with Crippen molar-refractivity contribution in [3.05, 3.63) is 12.2 Å². The molecule has 0 saturated carbocycles. The number of ether oxygens (including phenoxy) is 1. The molecule has 1 unspecified atom stereocenters. The highest BCUT2D eigenvalue weighted by atomic mass is 16.5. The summed E-state index contributed by atoms with van der Waals surface area (Å²) in [6.07, 6.45) is 1.48. The van der Waals surface area contributed by atoms with Crippen molar-refractivity contribution < 1.29 is 34.8 Å². The second-order valence-electron chi connectivity index (χ2n) is 4.09. The minimum Gasteiger partial charge on any atom is -0.478 e. The van der Waals surface area contributed by atoms with Gasteiger partial charge < -0.3 is 25.2 Å². The number of rotatable bonds is 8. The van der Waals surface area contributed by atoms with Crippen LogP contribution in [0, 0.1) is 5.92 Å². The molecule has 0 aromatic carbocycles. The van der Waals surface area contributed by atoms with E-state index in [0.29, 0.717) is 31.3 Å². The lowest BCUT2D eigenvalue weighted by molar-refractivity contribution is -0.134. The van der Waals surface area contributed by atoms with E-state index >= 15 is 0 Å². The van der Waals surface area contributed by atoms with Crippen LogP contribution in [-0.4, -0.2) is 58.3 Å². The second kappa shape index (κ2) is 13.0. The number of hydrogen-bond acceptors (Lipinski definition) is 5. The van der Waals surface area contributed by atoms with Crippen LogP contribution >= 0.6 is 0 Å². The Balaban J connectivity index is 0. The van der Waals surface area contributed by atoms with E-state index in [2.05, 4.69) is 13.8 Å². The number of carboxylic acid groups (broad SMARTS) is 2. The lowest BCUT2D eigenvalue weighted by atomic mass is 10.1. The summed E-state index contributed by atoms with van der Waals surface area (Å²) in [5.74, 6) is -2.03. The largest absolute Gasteiger partial charge is 0.478 e. The van der Waals surface area contributed by atoms with E-state index < -0.39 is 11.9 Å². The van der Waals surface area contributed by atoms with Crippen molar-refractivity contribution >= 4 is 11.9 Å². The van der Waals surface area contributed by atoms with Gasteiger partial charge in [-0.1, -0.05) is 13.8 Å². The third kappa shape index (κ3) is 22.3. The smallest absolute Gasteiger partial charge is 0.328 e. The molecule has 0 amide bonds. The zero-order valence-electron chi connectivity index (χ0n) is 11.2. The van der Waals surface area contributed by atoms with Gasteiger partial charge in [-0.25, -0.2) is 9.59 Å². The standard InChI is InChI=1S/C8H18O3.C4H4O4/c1-7(2)5-8(10)6-11-4-3-9;5-3(6)1-2-4(7)8/h7-10H,3-6H2,1-2H3;1-2H,(H,5,6)(H,7,8)/b;2-1-. The van der Waals surface area contributed by atoms with Crippen LogP contribution in [0.4, 0.5) is 0 Å². The van der Waals surface area contributed by atoms with E-state index in [4.69, 9.17) is 20.1 Å². The van der Waals surface area contributed by atoms with Crippen molar-refractivity contribution in [1.82, 2.24) is 0 Å². The monoisotopic (exact) mass is 278 g/mol. The maximum Gasteiger partial charge on any atom is 0.328 e. The summed E-state index contributed by atoms with van der Waals surface area (Å²) in [6, 6.07) is 0. The first-order valence-corrected chi connectivity index (χ1v) is 5.80. The van der Waals surface area contributed by atoms with Crippen molar-refractivity contribution in [2.24, 2.45) is 5.92 Å². The Morgan fingerprint density at radius 1 is 1.16 bits per heavy atom. The van der Waals surface area contributed by atoms with E-state index in [0.717, 1.165) is 6.42 Å². The van der Waals surface area contributed by atoms with Gasteiger partial charge in [0.15, 0.2) is 0 Å². The van der Waals surface area contributed by atoms with Crippen molar-refractivity contribution in [2.45, 2.75) is 26.4 Å². The molecule has 0 rings (SSSR count). The predicted molar refractivity (Wildman–Crippen MR) is 67.8 cm³/mol. The van der Waals surface area contributed by atoms with Gasteiger partial charge in [-0.15, -0.1) is 0 Å². The van der Waals surface area contributed by atoms with Gasteiger partial charge in [0.1, 0.15) is 0 Å². The van der Waals surface area contributed by atoms with Crippen molar-refractivity contribution in [3.63, 3.8) is 0 Å². The highest BCUT2D eigenvalue weighted by molar-refractivity contribution is 5.89. The number of aliphatic carboxylic acids is 2. The summed E-state index contributed by atoms with van der Waals surface area (Å²) in [6.45, 7) is 4.77. The minimum absolute atomic E-state index is 0.0222. The summed E-state index contributed by atoms with van der Waals surface area (Å²) in [7, 11) is 0. The summed E-state index contributed by atoms with van der Waals surface area (Å²) >= 11 is 0. The van der Waals surface area contributed by atoms with Gasteiger partial charge in [0, 0.05) is 12.2 Å². The lowest BCUT2D eigenvalue weighted by Crippen LogP contribution is -2.18. The third-order valence-electron chi connectivity index (χ3n) is 1.66. The molecule has 0 heterocycles. The maximum absolute atomic E-state index is 9.55. The zero-order valence-corrected chi connectivity index (χ0v) is 11.2. The average Bonchev–Trinajstić information content (AvgIpc) is 2.26. The molecule has 4 N–H and O–H groups in total. The first kappa shape index (κ1) is 19.9. The molecule has 0 aromatic heterocycles. The Labute approximate surface area is 112 Å². The van der Waals surface area contributed by atoms with Gasteiger partial charge >= 0.3 is 11.9 Å². The fraction of sp³-hybridized carbons (Fsp3) is 0.667. The van der Waals surface area contributed by atoms with Crippen molar-refractivity contribution in [2.75, 3.05) is 19.8 Å². The molecule has 0 aliphatic heterocycles. The highest BCUT2D eigenvalue weighted by Gasteiger charge is 2.05. The predicted octanol–water partition coefficient (Wildman–Crippen LogP) is 0.114. The molecule has 1 atom stereocenters. The number of aliphatic hydroxyl groups is 2. The van der Waals surface area contributed by atoms with Gasteiger partial charge in [-0.05, 0) is 12.3 Å². The second-order valence-corrected chi connectivity index (χ2v) is 4.09. The first-order valence-electron chi connectivity index (χ1n) is 5.80. The first-order chi connectivity index (χ1) is 8.79. The molecule has 0 saturated heterocycles. The molecule has 0 aliphatic carbocycles. The molecule has 0 radical (unpaired) electrons. The Hall–Kier alpha value is -1.44. The minimum atomic E-state index is -1.26. The van der Waals surface area contributed by atoms with Crippen LogP contribution in [0.5, 0.6) is 0 Å². The molecule has 7 nitrogen and oxygen atoms in total. The summed E-state index contributed by atoms with van der Waals surface area (Å²) in [4.78, 5) is 19.1. The van der Waals surface area contributed by atoms with Crippen molar-refractivity contribution in [3.8, 4) is 0 Å². The van der Waals surface area contributed by atoms with Crippen LogP contribution in [0.2, 0.25) is 0 Å². The highest BCUT2D eigenvalue weighted by Crippen LogP contribution is 2.04. The topological polar surface area (TPSA) is 124 Å². The summed E-state index contributed by atoms with van der Waals surface area (Å²) in [5.41, 5.74) is 0. The molecule has 19 heavy (non-hydrogen) atoms. The van der Waals surface area contributed by atoms with E-state index in [9.17, 15) is 14.7 Å². The van der Waals surface area contributed by atoms with E-state index in [-0.39, 0.29) is 12.7 Å². The normalized spacial score (nSPS) is 12.1. The molecule has 7 heteroatoms. The molecule has 0 bridgehead atoms. The maximum atomic E-state index is 9.55. The third-order valence-corrected chi connectivity index (χ3v) is 1.66. The van der Waals surface area contributed by atoms with Crippen LogP contribution in [0.1, 0.15) is 20.3 Å². The molecule has 0 aliphatic rings. The fourth-order valence-electron chi connectivity index (χ4n) is 1.04. The van der Waals surface area contributed by atoms with Crippen LogP contribution in [0.25, 0.3) is 0 Å². The lowest BCUT2D eigenvalue weighted by Gasteiger charge is -2.12. The number of hydrogen-bond donors (Lipinski definition) is 4. The Morgan fingerprint density at radius 2 is 1.63 bits per heavy atom. The average molecular weight is 278 g/mol. The van der Waals surface area contributed by atoms with Gasteiger partial charge in [0.2, 0.25) is 0 Å². The van der Waals surface area contributed by atoms with E-state index in [1.165, 1.54) is 0 Å². The SMILES string of the molecule is CC(C)CC(O)COCCO.O=C(O)/C=C\C(=O)O. The molecular formula is C12H22O7. The van der Waals surface area contributed by atoms with Crippen LogP contribution in [0.3, 0.4) is 0 Å². The van der Waals surface area contributed by atoms with Gasteiger partial charge in [0.25, 0.3) is 0 Å². The fourth-order valence-corrected chi connectivity index (χ4v) is 1.04. The van der Waals surface area contributed by atoms with E-state index in [1.807, 2.05) is 0 Å². The van der Waals surface area contributed by atoms with Gasteiger partial charge in [-0.2, -0.15) is 0 Å². The van der Waals surface area contributed by atoms with Crippen LogP contribution in [0.15, 0.2) is 12.2 Å². The molecule has 0 spiro atoms. The Morgan fingerprint density at radius 3 is 1.95 bits per heavy atom. The van der Waals surface area contributed by atoms with E-state index in [1.54, 1.807) is 0 Å². The number of aliphatic hydroxyl groups excluding tert-OH is 2. The number of carbonyl (C=O) groups is 2. The van der Waals surface area contributed by atoms with Crippen molar-refractivity contribution in [1.29, 1.82) is 0 Å². The quantitative estimate of drug-likeness (QED) is 0.367. The zero-order chi connectivity index (χ0) is 15.3. The Kier molecular flexibility index (Phi) is 13.6. The summed E-state index contributed by atoms with van der Waals surface area (Å²) in [5, 5.41) is 33.2. The Bertz CT molecular complexity index is 257. The summed E-state index contributed by atoms with van der Waals surface area (Å²) < 4.78 is 4.95.